The third kappa shape index (κ3) is 3.07. The molecule has 0 radical (unpaired) electrons. The van der Waals surface area contributed by atoms with E-state index in [0.717, 1.165) is 36.6 Å². The standard InChI is InChI=1S/C18H20ClN5O3/c1-18-7-12(9-24(18)13-6-14(19)22-23-16(13)21-10-18)27-15-3-2-11(8-20-15)17-25-4-5-26-17/h2-3,6,8,12,17H,4-5,7,9-10H2,1H3,(H,21,23)/t12-,18+/m1/s1. The first kappa shape index (κ1) is 17.0. The van der Waals surface area contributed by atoms with Gasteiger partial charge in [0.2, 0.25) is 5.88 Å². The molecule has 2 fully saturated rings. The van der Waals surface area contributed by atoms with Crippen LogP contribution in [0.2, 0.25) is 5.15 Å². The van der Waals surface area contributed by atoms with Gasteiger partial charge >= 0.3 is 0 Å². The molecule has 5 heterocycles. The minimum absolute atomic E-state index is 0.0204. The Balaban J connectivity index is 1.31. The smallest absolute Gasteiger partial charge is 0.213 e. The van der Waals surface area contributed by atoms with Crippen LogP contribution in [0.4, 0.5) is 11.5 Å². The zero-order valence-corrected chi connectivity index (χ0v) is 15.6. The Morgan fingerprint density at radius 1 is 1.30 bits per heavy atom. The van der Waals surface area contributed by atoms with Gasteiger partial charge in [0.25, 0.3) is 0 Å². The molecule has 5 rings (SSSR count). The average Bonchev–Trinajstić information content (AvgIpc) is 3.30. The van der Waals surface area contributed by atoms with Crippen LogP contribution in [-0.4, -0.2) is 53.1 Å². The van der Waals surface area contributed by atoms with Crippen molar-refractivity contribution in [3.8, 4) is 5.88 Å². The topological polar surface area (TPSA) is 81.6 Å². The van der Waals surface area contributed by atoms with Gasteiger partial charge in [0.15, 0.2) is 17.3 Å². The van der Waals surface area contributed by atoms with Crippen molar-refractivity contribution in [2.75, 3.05) is 36.5 Å². The summed E-state index contributed by atoms with van der Waals surface area (Å²) in [6.07, 6.45) is 2.32. The molecular weight excluding hydrogens is 370 g/mol. The maximum atomic E-state index is 6.16. The van der Waals surface area contributed by atoms with Crippen molar-refractivity contribution in [1.82, 2.24) is 15.2 Å². The molecule has 0 unspecified atom stereocenters. The number of nitrogens with zero attached hydrogens (tertiary/aromatic N) is 4. The summed E-state index contributed by atoms with van der Waals surface area (Å²) in [7, 11) is 0. The van der Waals surface area contributed by atoms with Crippen molar-refractivity contribution in [3.63, 3.8) is 0 Å². The number of hydrogen-bond acceptors (Lipinski definition) is 8. The molecule has 0 saturated carbocycles. The fourth-order valence-electron chi connectivity index (χ4n) is 4.01. The first-order chi connectivity index (χ1) is 13.1. The summed E-state index contributed by atoms with van der Waals surface area (Å²) in [6.45, 7) is 4.96. The number of anilines is 2. The molecule has 2 saturated heterocycles. The highest BCUT2D eigenvalue weighted by Gasteiger charge is 2.46. The van der Waals surface area contributed by atoms with E-state index in [9.17, 15) is 0 Å². The van der Waals surface area contributed by atoms with Gasteiger partial charge < -0.3 is 24.4 Å². The fourth-order valence-corrected chi connectivity index (χ4v) is 4.15. The molecule has 2 atom stereocenters. The van der Waals surface area contributed by atoms with E-state index in [1.54, 1.807) is 6.20 Å². The third-order valence-electron chi connectivity index (χ3n) is 5.32. The van der Waals surface area contributed by atoms with Crippen LogP contribution < -0.4 is 15.0 Å². The molecule has 0 amide bonds. The summed E-state index contributed by atoms with van der Waals surface area (Å²) in [5, 5.41) is 11.8. The number of ether oxygens (including phenoxy) is 3. The molecule has 0 aromatic carbocycles. The molecule has 9 heteroatoms. The summed E-state index contributed by atoms with van der Waals surface area (Å²) < 4.78 is 17.2. The summed E-state index contributed by atoms with van der Waals surface area (Å²) in [4.78, 5) is 6.73. The van der Waals surface area contributed by atoms with Crippen LogP contribution in [0.5, 0.6) is 5.88 Å². The van der Waals surface area contributed by atoms with Crippen LogP contribution in [0.25, 0.3) is 0 Å². The van der Waals surface area contributed by atoms with E-state index >= 15 is 0 Å². The maximum Gasteiger partial charge on any atom is 0.213 e. The van der Waals surface area contributed by atoms with Gasteiger partial charge in [-0.15, -0.1) is 10.2 Å². The number of rotatable bonds is 3. The summed E-state index contributed by atoms with van der Waals surface area (Å²) in [6, 6.07) is 5.66. The van der Waals surface area contributed by atoms with Crippen molar-refractivity contribution in [2.45, 2.75) is 31.3 Å². The molecule has 2 aromatic rings. The second-order valence-electron chi connectivity index (χ2n) is 7.31. The monoisotopic (exact) mass is 389 g/mol. The summed E-state index contributed by atoms with van der Waals surface area (Å²) in [5.74, 6) is 1.36. The van der Waals surface area contributed by atoms with E-state index < -0.39 is 0 Å². The maximum absolute atomic E-state index is 6.16. The van der Waals surface area contributed by atoms with E-state index in [2.05, 4.69) is 32.3 Å². The van der Waals surface area contributed by atoms with Crippen LogP contribution in [0.1, 0.15) is 25.2 Å². The number of halogens is 1. The number of fused-ring (bicyclic) bond motifs is 3. The molecule has 3 aliphatic heterocycles. The number of pyridine rings is 1. The molecule has 1 N–H and O–H groups in total. The van der Waals surface area contributed by atoms with Crippen LogP contribution >= 0.6 is 11.6 Å². The van der Waals surface area contributed by atoms with E-state index in [-0.39, 0.29) is 17.9 Å². The van der Waals surface area contributed by atoms with Crippen molar-refractivity contribution in [3.05, 3.63) is 35.1 Å². The number of hydrogen-bond donors (Lipinski definition) is 1. The van der Waals surface area contributed by atoms with Gasteiger partial charge in [-0.25, -0.2) is 4.98 Å². The predicted octanol–water partition coefficient (Wildman–Crippen LogP) is 2.41. The molecule has 0 bridgehead atoms. The van der Waals surface area contributed by atoms with Gasteiger partial charge in [-0.05, 0) is 13.0 Å². The van der Waals surface area contributed by atoms with Gasteiger partial charge in [0.1, 0.15) is 6.10 Å². The lowest BCUT2D eigenvalue weighted by Gasteiger charge is -2.41. The molecule has 142 valence electrons. The van der Waals surface area contributed by atoms with Crippen LogP contribution in [0.15, 0.2) is 24.4 Å². The number of nitrogens with one attached hydrogen (secondary N) is 1. The highest BCUT2D eigenvalue weighted by Crippen LogP contribution is 2.42. The van der Waals surface area contributed by atoms with Gasteiger partial charge in [0.05, 0.1) is 31.0 Å². The van der Waals surface area contributed by atoms with Gasteiger partial charge in [-0.1, -0.05) is 11.6 Å². The van der Waals surface area contributed by atoms with Crippen LogP contribution in [0.3, 0.4) is 0 Å². The van der Waals surface area contributed by atoms with E-state index in [1.165, 1.54) is 0 Å². The van der Waals surface area contributed by atoms with Gasteiger partial charge in [-0.3, -0.25) is 0 Å². The summed E-state index contributed by atoms with van der Waals surface area (Å²) in [5.41, 5.74) is 1.80. The minimum atomic E-state index is -0.320. The number of aromatic nitrogens is 3. The Hall–Kier alpha value is -2.16. The Kier molecular flexibility index (Phi) is 4.07. The van der Waals surface area contributed by atoms with Crippen molar-refractivity contribution >= 4 is 23.1 Å². The quantitative estimate of drug-likeness (QED) is 0.857. The van der Waals surface area contributed by atoms with Gasteiger partial charge in [0, 0.05) is 36.9 Å². The Bertz CT molecular complexity index is 845. The normalized spacial score (nSPS) is 27.2. The molecule has 8 nitrogen and oxygen atoms in total. The second kappa shape index (κ2) is 6.47. The molecule has 27 heavy (non-hydrogen) atoms. The van der Waals surface area contributed by atoms with E-state index in [1.807, 2.05) is 18.2 Å². The van der Waals surface area contributed by atoms with Crippen molar-refractivity contribution < 1.29 is 14.2 Å². The van der Waals surface area contributed by atoms with Crippen LogP contribution in [0, 0.1) is 0 Å². The molecule has 3 aliphatic rings. The van der Waals surface area contributed by atoms with E-state index in [4.69, 9.17) is 25.8 Å². The highest BCUT2D eigenvalue weighted by molar-refractivity contribution is 6.29. The minimum Gasteiger partial charge on any atom is -0.472 e. The zero-order valence-electron chi connectivity index (χ0n) is 14.9. The molecular formula is C18H20ClN5O3. The highest BCUT2D eigenvalue weighted by atomic mass is 35.5. The largest absolute Gasteiger partial charge is 0.472 e. The second-order valence-corrected chi connectivity index (χ2v) is 7.70. The Morgan fingerprint density at radius 2 is 2.15 bits per heavy atom. The fraction of sp³-hybridized carbons (Fsp3) is 0.500. The molecule has 2 aromatic heterocycles. The van der Waals surface area contributed by atoms with E-state index in [0.29, 0.717) is 24.2 Å². The molecule has 0 spiro atoms. The van der Waals surface area contributed by atoms with Gasteiger partial charge in [-0.2, -0.15) is 0 Å². The van der Waals surface area contributed by atoms with Crippen molar-refractivity contribution in [1.29, 1.82) is 0 Å². The third-order valence-corrected chi connectivity index (χ3v) is 5.50. The Labute approximate surface area is 161 Å². The Morgan fingerprint density at radius 3 is 2.93 bits per heavy atom. The average molecular weight is 390 g/mol. The lowest BCUT2D eigenvalue weighted by atomic mass is 9.96. The first-order valence-electron chi connectivity index (χ1n) is 9.01. The lowest BCUT2D eigenvalue weighted by molar-refractivity contribution is -0.0444. The lowest BCUT2D eigenvalue weighted by Crippen LogP contribution is -2.50. The van der Waals surface area contributed by atoms with Crippen molar-refractivity contribution in [2.24, 2.45) is 0 Å². The first-order valence-corrected chi connectivity index (χ1v) is 9.39. The zero-order chi connectivity index (χ0) is 18.4. The van der Waals surface area contributed by atoms with Crippen LogP contribution in [-0.2, 0) is 9.47 Å². The predicted molar refractivity (Wildman–Crippen MR) is 99.2 cm³/mol. The molecule has 0 aliphatic carbocycles. The SMILES string of the molecule is C[C@]12CNc3nnc(Cl)cc3N1C[C@H](Oc1ccc(C3OCCO3)cn1)C2. The summed E-state index contributed by atoms with van der Waals surface area (Å²) >= 11 is 6.06.